The van der Waals surface area contributed by atoms with Crippen molar-refractivity contribution in [1.82, 2.24) is 9.78 Å². The second kappa shape index (κ2) is 6.78. The maximum absolute atomic E-state index is 14.4. The minimum atomic E-state index is -3.18. The SMILES string of the molecule is COc1c(Cl)cc(F)c(-c2nn(C)c(OC(F)F)c2Cl)c1C(N)=O. The number of rotatable bonds is 5. The van der Waals surface area contributed by atoms with Crippen LogP contribution in [0.2, 0.25) is 10.0 Å². The van der Waals surface area contributed by atoms with E-state index in [1.165, 1.54) is 14.2 Å². The van der Waals surface area contributed by atoms with Crippen LogP contribution in [0.1, 0.15) is 10.4 Å². The Morgan fingerprint density at radius 2 is 2.04 bits per heavy atom. The van der Waals surface area contributed by atoms with E-state index in [2.05, 4.69) is 9.84 Å². The van der Waals surface area contributed by atoms with E-state index in [1.54, 1.807) is 0 Å². The van der Waals surface area contributed by atoms with Crippen molar-refractivity contribution in [2.24, 2.45) is 12.8 Å². The number of aryl methyl sites for hydroxylation is 1. The van der Waals surface area contributed by atoms with E-state index in [0.717, 1.165) is 10.7 Å². The van der Waals surface area contributed by atoms with Gasteiger partial charge in [-0.25, -0.2) is 9.07 Å². The number of benzene rings is 1. The third kappa shape index (κ3) is 3.09. The Morgan fingerprint density at radius 3 is 2.54 bits per heavy atom. The topological polar surface area (TPSA) is 79.4 Å². The van der Waals surface area contributed by atoms with Crippen molar-refractivity contribution in [2.45, 2.75) is 6.61 Å². The van der Waals surface area contributed by atoms with Crippen molar-refractivity contribution in [3.8, 4) is 22.9 Å². The van der Waals surface area contributed by atoms with E-state index in [4.69, 9.17) is 33.7 Å². The van der Waals surface area contributed by atoms with Crippen LogP contribution in [0.15, 0.2) is 6.07 Å². The van der Waals surface area contributed by atoms with Crippen LogP contribution < -0.4 is 15.2 Å². The van der Waals surface area contributed by atoms with Gasteiger partial charge in [-0.3, -0.25) is 4.79 Å². The number of methoxy groups -OCH3 is 1. The smallest absolute Gasteiger partial charge is 0.388 e. The van der Waals surface area contributed by atoms with Crippen molar-refractivity contribution in [3.63, 3.8) is 0 Å². The van der Waals surface area contributed by atoms with Gasteiger partial charge in [0.2, 0.25) is 5.88 Å². The highest BCUT2D eigenvalue weighted by molar-refractivity contribution is 6.35. The Bertz CT molecular complexity index is 812. The number of carbonyl (C=O) groups excluding carboxylic acids is 1. The number of hydrogen-bond donors (Lipinski definition) is 1. The molecular weight excluding hydrogens is 374 g/mol. The average Bonchev–Trinajstić information content (AvgIpc) is 2.74. The van der Waals surface area contributed by atoms with Crippen molar-refractivity contribution < 1.29 is 27.4 Å². The normalized spacial score (nSPS) is 11.0. The molecule has 2 N–H and O–H groups in total. The van der Waals surface area contributed by atoms with Gasteiger partial charge in [0.05, 0.1) is 23.3 Å². The van der Waals surface area contributed by atoms with Crippen LogP contribution in [0, 0.1) is 5.82 Å². The highest BCUT2D eigenvalue weighted by Gasteiger charge is 2.29. The van der Waals surface area contributed by atoms with Crippen LogP contribution in [-0.4, -0.2) is 29.4 Å². The fraction of sp³-hybridized carbons (Fsp3) is 0.231. The third-order valence-electron chi connectivity index (χ3n) is 3.01. The molecule has 1 aromatic carbocycles. The molecule has 0 saturated heterocycles. The van der Waals surface area contributed by atoms with E-state index in [-0.39, 0.29) is 16.5 Å². The highest BCUT2D eigenvalue weighted by Crippen LogP contribution is 2.42. The zero-order valence-electron chi connectivity index (χ0n) is 12.2. The van der Waals surface area contributed by atoms with Gasteiger partial charge in [-0.05, 0) is 6.07 Å². The van der Waals surface area contributed by atoms with E-state index in [9.17, 15) is 18.0 Å². The van der Waals surface area contributed by atoms with Crippen LogP contribution in [0.25, 0.3) is 11.3 Å². The highest BCUT2D eigenvalue weighted by atomic mass is 35.5. The lowest BCUT2D eigenvalue weighted by atomic mass is 10.0. The summed E-state index contributed by atoms with van der Waals surface area (Å²) >= 11 is 11.8. The molecule has 1 aromatic heterocycles. The monoisotopic (exact) mass is 383 g/mol. The quantitative estimate of drug-likeness (QED) is 0.859. The lowest BCUT2D eigenvalue weighted by Crippen LogP contribution is -2.15. The van der Waals surface area contributed by atoms with Crippen molar-refractivity contribution in [2.75, 3.05) is 7.11 Å². The number of aromatic nitrogens is 2. The van der Waals surface area contributed by atoms with Crippen molar-refractivity contribution in [1.29, 1.82) is 0 Å². The molecule has 0 aliphatic heterocycles. The number of halogens is 5. The van der Waals surface area contributed by atoms with Crippen LogP contribution >= 0.6 is 23.2 Å². The Balaban J connectivity index is 2.81. The average molecular weight is 384 g/mol. The molecule has 0 bridgehead atoms. The summed E-state index contributed by atoms with van der Waals surface area (Å²) in [5.74, 6) is -2.76. The Hall–Kier alpha value is -2.13. The first-order chi connectivity index (χ1) is 11.2. The van der Waals surface area contributed by atoms with E-state index in [0.29, 0.717) is 0 Å². The molecule has 1 heterocycles. The van der Waals surface area contributed by atoms with E-state index >= 15 is 0 Å². The fourth-order valence-corrected chi connectivity index (χ4v) is 2.69. The molecule has 130 valence electrons. The number of amides is 1. The molecule has 0 aliphatic rings. The van der Waals surface area contributed by atoms with Gasteiger partial charge >= 0.3 is 6.61 Å². The van der Waals surface area contributed by atoms with Crippen LogP contribution in [0.3, 0.4) is 0 Å². The number of nitrogens with two attached hydrogens (primary N) is 1. The lowest BCUT2D eigenvalue weighted by molar-refractivity contribution is -0.0552. The first-order valence-corrected chi connectivity index (χ1v) is 6.98. The molecule has 2 aromatic rings. The zero-order chi connectivity index (χ0) is 18.2. The minimum Gasteiger partial charge on any atom is -0.494 e. The van der Waals surface area contributed by atoms with Gasteiger partial charge < -0.3 is 15.2 Å². The first-order valence-electron chi connectivity index (χ1n) is 6.22. The van der Waals surface area contributed by atoms with E-state index < -0.39 is 40.4 Å². The van der Waals surface area contributed by atoms with Gasteiger partial charge in [0.1, 0.15) is 16.5 Å². The Kier molecular flexibility index (Phi) is 5.14. The van der Waals surface area contributed by atoms with Gasteiger partial charge in [-0.1, -0.05) is 23.2 Å². The summed E-state index contributed by atoms with van der Waals surface area (Å²) in [7, 11) is 2.45. The molecule has 11 heteroatoms. The third-order valence-corrected chi connectivity index (χ3v) is 3.64. The lowest BCUT2D eigenvalue weighted by Gasteiger charge is -2.13. The summed E-state index contributed by atoms with van der Waals surface area (Å²) in [5.41, 5.74) is 4.08. The number of carbonyl (C=O) groups is 1. The molecule has 6 nitrogen and oxygen atoms in total. The molecule has 0 radical (unpaired) electrons. The molecule has 2 rings (SSSR count). The molecule has 0 fully saturated rings. The molecule has 0 atom stereocenters. The first kappa shape index (κ1) is 18.2. The summed E-state index contributed by atoms with van der Waals surface area (Å²) in [4.78, 5) is 11.7. The Labute approximate surface area is 143 Å². The number of ether oxygens (including phenoxy) is 2. The summed E-state index contributed by atoms with van der Waals surface area (Å²) < 4.78 is 49.4. The molecule has 0 saturated carbocycles. The molecule has 1 amide bonds. The number of nitrogens with zero attached hydrogens (tertiary/aromatic N) is 2. The fourth-order valence-electron chi connectivity index (χ4n) is 2.12. The van der Waals surface area contributed by atoms with Gasteiger partial charge in [0.25, 0.3) is 5.91 Å². The summed E-state index contributed by atoms with van der Waals surface area (Å²) in [6.45, 7) is -3.18. The van der Waals surface area contributed by atoms with Crippen LogP contribution in [0.4, 0.5) is 13.2 Å². The van der Waals surface area contributed by atoms with Crippen LogP contribution in [0.5, 0.6) is 11.6 Å². The maximum Gasteiger partial charge on any atom is 0.388 e. The number of primary amides is 1. The summed E-state index contributed by atoms with van der Waals surface area (Å²) in [5, 5.41) is 3.19. The van der Waals surface area contributed by atoms with Crippen molar-refractivity contribution >= 4 is 29.1 Å². The van der Waals surface area contributed by atoms with Gasteiger partial charge in [-0.15, -0.1) is 0 Å². The second-order valence-electron chi connectivity index (χ2n) is 4.46. The minimum absolute atomic E-state index is 0.196. The van der Waals surface area contributed by atoms with E-state index in [1.807, 2.05) is 0 Å². The maximum atomic E-state index is 14.4. The van der Waals surface area contributed by atoms with Crippen molar-refractivity contribution in [3.05, 3.63) is 27.5 Å². The summed E-state index contributed by atoms with van der Waals surface area (Å²) in [6.07, 6.45) is 0. The molecule has 0 spiro atoms. The molecule has 0 aliphatic carbocycles. The van der Waals surface area contributed by atoms with Crippen LogP contribution in [-0.2, 0) is 7.05 Å². The largest absolute Gasteiger partial charge is 0.494 e. The standard InChI is InChI=1S/C13H10Cl2F3N3O3/c1-21-12(24-13(17)18)8(15)9(20-21)6-5(16)3-4(14)10(23-2)7(6)11(19)22/h3,13H,1-2H3,(H2,19,22). The molecule has 0 unspecified atom stereocenters. The summed E-state index contributed by atoms with van der Waals surface area (Å²) in [6, 6.07) is 0.862. The van der Waals surface area contributed by atoms with Gasteiger partial charge in [0, 0.05) is 7.05 Å². The number of alkyl halides is 2. The van der Waals surface area contributed by atoms with Gasteiger partial charge in [-0.2, -0.15) is 13.9 Å². The predicted octanol–water partition coefficient (Wildman–Crippen LogP) is 3.24. The zero-order valence-corrected chi connectivity index (χ0v) is 13.8. The second-order valence-corrected chi connectivity index (χ2v) is 5.24. The number of hydrogen-bond acceptors (Lipinski definition) is 4. The molecular formula is C13H10Cl2F3N3O3. The predicted molar refractivity (Wildman–Crippen MR) is 80.3 cm³/mol. The van der Waals surface area contributed by atoms with Gasteiger partial charge in [0.15, 0.2) is 5.75 Å². The molecule has 24 heavy (non-hydrogen) atoms. The Morgan fingerprint density at radius 1 is 1.42 bits per heavy atom.